The van der Waals surface area contributed by atoms with E-state index in [1.807, 2.05) is 18.3 Å². The highest BCUT2D eigenvalue weighted by Crippen LogP contribution is 2.38. The third-order valence-corrected chi connectivity index (χ3v) is 6.63. The van der Waals surface area contributed by atoms with Crippen molar-refractivity contribution in [2.75, 3.05) is 72.5 Å². The van der Waals surface area contributed by atoms with Gasteiger partial charge in [-0.3, -0.25) is 4.90 Å². The minimum absolute atomic E-state index is 0.734. The van der Waals surface area contributed by atoms with E-state index in [1.165, 1.54) is 18.7 Å². The molecule has 3 aromatic rings. The van der Waals surface area contributed by atoms with Crippen LogP contribution in [0.15, 0.2) is 41.1 Å². The second-order valence-corrected chi connectivity index (χ2v) is 9.30. The lowest BCUT2D eigenvalue weighted by Crippen LogP contribution is -2.47. The van der Waals surface area contributed by atoms with Gasteiger partial charge < -0.3 is 23.7 Å². The number of ether oxygens (including phenoxy) is 2. The van der Waals surface area contributed by atoms with Crippen molar-refractivity contribution in [3.05, 3.63) is 41.1 Å². The molecule has 0 spiro atoms. The molecule has 0 radical (unpaired) electrons. The maximum absolute atomic E-state index is 5.60. The Kier molecular flexibility index (Phi) is 7.23. The topological polar surface area (TPSA) is 45.5 Å². The van der Waals surface area contributed by atoms with Crippen molar-refractivity contribution in [1.29, 1.82) is 0 Å². The molecule has 2 aromatic heterocycles. The molecule has 0 bridgehead atoms. The van der Waals surface area contributed by atoms with E-state index in [9.17, 15) is 0 Å². The van der Waals surface area contributed by atoms with E-state index in [1.54, 1.807) is 14.2 Å². The van der Waals surface area contributed by atoms with Gasteiger partial charge in [0.1, 0.15) is 17.1 Å². The maximum Gasteiger partial charge on any atom is 0.139 e. The van der Waals surface area contributed by atoms with Gasteiger partial charge in [0.25, 0.3) is 0 Å². The number of nitrogens with zero attached hydrogens (tertiary/aromatic N) is 5. The fourth-order valence-electron chi connectivity index (χ4n) is 4.20. The third kappa shape index (κ3) is 5.03. The summed E-state index contributed by atoms with van der Waals surface area (Å²) in [7, 11) is 7.59. The van der Waals surface area contributed by atoms with Crippen LogP contribution in [0, 0.1) is 0 Å². The lowest BCUT2D eigenvalue weighted by Gasteiger charge is -2.36. The van der Waals surface area contributed by atoms with Gasteiger partial charge in [-0.25, -0.2) is 4.98 Å². The van der Waals surface area contributed by atoms with Gasteiger partial charge >= 0.3 is 0 Å². The normalized spacial score (nSPS) is 15.0. The molecule has 1 aliphatic heterocycles. The van der Waals surface area contributed by atoms with E-state index in [0.29, 0.717) is 0 Å². The first-order valence-electron chi connectivity index (χ1n) is 11.0. The molecular weight excluding hydrogens is 470 g/mol. The van der Waals surface area contributed by atoms with Crippen LogP contribution < -0.4 is 14.4 Å². The number of halogens is 1. The summed E-state index contributed by atoms with van der Waals surface area (Å²) >= 11 is 3.57. The van der Waals surface area contributed by atoms with Gasteiger partial charge in [-0.1, -0.05) is 0 Å². The molecule has 0 saturated carbocycles. The van der Waals surface area contributed by atoms with Crippen LogP contribution >= 0.6 is 15.9 Å². The van der Waals surface area contributed by atoms with Gasteiger partial charge in [0, 0.05) is 62.0 Å². The van der Waals surface area contributed by atoms with Crippen LogP contribution in [-0.2, 0) is 0 Å². The third-order valence-electron chi connectivity index (χ3n) is 6.01. The molecule has 4 rings (SSSR count). The Morgan fingerprint density at radius 3 is 2.47 bits per heavy atom. The monoisotopic (exact) mass is 501 g/mol. The number of anilines is 1. The summed E-state index contributed by atoms with van der Waals surface area (Å²) in [6.45, 7) is 6.63. The summed E-state index contributed by atoms with van der Waals surface area (Å²) in [4.78, 5) is 12.2. The van der Waals surface area contributed by atoms with Crippen LogP contribution in [0.5, 0.6) is 11.5 Å². The fraction of sp³-hybridized carbons (Fsp3) is 0.458. The van der Waals surface area contributed by atoms with E-state index in [0.717, 1.165) is 65.6 Å². The lowest BCUT2D eigenvalue weighted by molar-refractivity contribution is 0.242. The van der Waals surface area contributed by atoms with Gasteiger partial charge in [-0.2, -0.15) is 0 Å². The van der Waals surface area contributed by atoms with E-state index < -0.39 is 0 Å². The lowest BCUT2D eigenvalue weighted by atomic mass is 10.1. The van der Waals surface area contributed by atoms with Crippen molar-refractivity contribution < 1.29 is 9.47 Å². The fourth-order valence-corrected chi connectivity index (χ4v) is 4.70. The van der Waals surface area contributed by atoms with Crippen molar-refractivity contribution in [2.45, 2.75) is 6.42 Å². The first kappa shape index (κ1) is 22.9. The summed E-state index contributed by atoms with van der Waals surface area (Å²) < 4.78 is 13.9. The van der Waals surface area contributed by atoms with Crippen LogP contribution in [-0.4, -0.2) is 86.8 Å². The second kappa shape index (κ2) is 10.1. The minimum atomic E-state index is 0.734. The van der Waals surface area contributed by atoms with E-state index in [-0.39, 0.29) is 0 Å². The zero-order valence-electron chi connectivity index (χ0n) is 19.3. The number of fused-ring (bicyclic) bond motifs is 1. The summed E-state index contributed by atoms with van der Waals surface area (Å²) in [5.74, 6) is 1.47. The number of aromatic nitrogens is 2. The van der Waals surface area contributed by atoms with Crippen molar-refractivity contribution in [3.63, 3.8) is 0 Å². The zero-order chi connectivity index (χ0) is 22.7. The number of imidazole rings is 1. The maximum atomic E-state index is 5.60. The Labute approximate surface area is 198 Å². The minimum Gasteiger partial charge on any atom is -0.496 e. The molecule has 1 saturated heterocycles. The molecule has 1 aromatic carbocycles. The second-order valence-electron chi connectivity index (χ2n) is 8.45. The predicted octanol–water partition coefficient (Wildman–Crippen LogP) is 3.85. The Morgan fingerprint density at radius 1 is 1.03 bits per heavy atom. The van der Waals surface area contributed by atoms with Gasteiger partial charge in [0.2, 0.25) is 0 Å². The molecule has 0 N–H and O–H groups in total. The molecule has 0 amide bonds. The molecule has 3 heterocycles. The number of piperazine rings is 1. The Morgan fingerprint density at radius 2 is 1.78 bits per heavy atom. The number of benzene rings is 1. The summed E-state index contributed by atoms with van der Waals surface area (Å²) in [6.07, 6.45) is 5.36. The first-order valence-corrected chi connectivity index (χ1v) is 11.8. The number of hydrogen-bond acceptors (Lipinski definition) is 6. The van der Waals surface area contributed by atoms with E-state index >= 15 is 0 Å². The summed E-state index contributed by atoms with van der Waals surface area (Å²) in [6, 6.07) is 8.24. The molecule has 0 aliphatic carbocycles. The van der Waals surface area contributed by atoms with E-state index in [4.69, 9.17) is 14.5 Å². The predicted molar refractivity (Wildman–Crippen MR) is 133 cm³/mol. The van der Waals surface area contributed by atoms with Crippen LogP contribution in [0.4, 0.5) is 5.69 Å². The highest BCUT2D eigenvalue weighted by atomic mass is 79.9. The average Bonchev–Trinajstić information content (AvgIpc) is 3.22. The number of rotatable bonds is 8. The Bertz CT molecular complexity index is 1060. The van der Waals surface area contributed by atoms with Gasteiger partial charge in [0.05, 0.1) is 24.4 Å². The van der Waals surface area contributed by atoms with Crippen LogP contribution in [0.25, 0.3) is 16.9 Å². The zero-order valence-corrected chi connectivity index (χ0v) is 20.9. The summed E-state index contributed by atoms with van der Waals surface area (Å²) in [5.41, 5.74) is 3.95. The first-order chi connectivity index (χ1) is 15.5. The van der Waals surface area contributed by atoms with Crippen molar-refractivity contribution in [3.8, 4) is 22.8 Å². The molecule has 0 unspecified atom stereocenters. The van der Waals surface area contributed by atoms with Gasteiger partial charge in [0.15, 0.2) is 0 Å². The SMILES string of the molecule is COc1cc(OC)c(-c2cn3ccc(N4CCN(CCCN(C)C)CC4)cc3n2)cc1Br. The van der Waals surface area contributed by atoms with Gasteiger partial charge in [-0.05, 0) is 61.7 Å². The highest BCUT2D eigenvalue weighted by Gasteiger charge is 2.19. The number of methoxy groups -OCH3 is 2. The van der Waals surface area contributed by atoms with Gasteiger partial charge in [-0.15, -0.1) is 0 Å². The Balaban J connectivity index is 1.49. The molecule has 172 valence electrons. The van der Waals surface area contributed by atoms with E-state index in [2.05, 4.69) is 67.5 Å². The summed E-state index contributed by atoms with van der Waals surface area (Å²) in [5, 5.41) is 0. The molecule has 32 heavy (non-hydrogen) atoms. The van der Waals surface area contributed by atoms with Crippen LogP contribution in [0.1, 0.15) is 6.42 Å². The smallest absolute Gasteiger partial charge is 0.139 e. The van der Waals surface area contributed by atoms with Crippen LogP contribution in [0.3, 0.4) is 0 Å². The molecule has 1 fully saturated rings. The van der Waals surface area contributed by atoms with Crippen molar-refractivity contribution in [1.82, 2.24) is 19.2 Å². The largest absolute Gasteiger partial charge is 0.496 e. The quantitative estimate of drug-likeness (QED) is 0.467. The van der Waals surface area contributed by atoms with Crippen LogP contribution in [0.2, 0.25) is 0 Å². The Hall–Kier alpha value is -2.29. The van der Waals surface area contributed by atoms with Crippen molar-refractivity contribution in [2.24, 2.45) is 0 Å². The van der Waals surface area contributed by atoms with Crippen molar-refractivity contribution >= 4 is 27.3 Å². The number of hydrogen-bond donors (Lipinski definition) is 0. The molecule has 8 heteroatoms. The molecule has 0 atom stereocenters. The standard InChI is InChI=1S/C24H32BrN5O2/c1-27(2)7-5-8-28-10-12-29(13-11-28)18-6-9-30-17-21(26-24(30)14-18)19-15-20(25)23(32-4)16-22(19)31-3/h6,9,14-17H,5,7-8,10-13H2,1-4H3. The molecular formula is C24H32BrN5O2. The average molecular weight is 502 g/mol. The molecule has 1 aliphatic rings. The number of pyridine rings is 1. The highest BCUT2D eigenvalue weighted by molar-refractivity contribution is 9.10. The molecule has 7 nitrogen and oxygen atoms in total.